The fourth-order valence-electron chi connectivity index (χ4n) is 3.58. The first kappa shape index (κ1) is 20.7. The van der Waals surface area contributed by atoms with Crippen molar-refractivity contribution in [3.05, 3.63) is 83.8 Å². The Labute approximate surface area is 182 Å². The SMILES string of the molecule is Cc1ccc(NC(N)=NCc2ccnc(N3CCN(c4ccc(F)cc4)CC3)c2)cc1. The van der Waals surface area contributed by atoms with Gasteiger partial charge in [-0.3, -0.25) is 0 Å². The average molecular weight is 419 g/mol. The first-order valence-corrected chi connectivity index (χ1v) is 10.4. The molecule has 2 heterocycles. The summed E-state index contributed by atoms with van der Waals surface area (Å²) in [5.41, 5.74) is 10.3. The van der Waals surface area contributed by atoms with Crippen molar-refractivity contribution < 1.29 is 4.39 Å². The molecule has 6 nitrogen and oxygen atoms in total. The maximum atomic E-state index is 13.2. The molecule has 0 amide bonds. The van der Waals surface area contributed by atoms with Gasteiger partial charge >= 0.3 is 0 Å². The fraction of sp³-hybridized carbons (Fsp3) is 0.250. The molecule has 31 heavy (non-hydrogen) atoms. The summed E-state index contributed by atoms with van der Waals surface area (Å²) in [4.78, 5) is 13.5. The number of hydrogen-bond acceptors (Lipinski definition) is 4. The van der Waals surface area contributed by atoms with Crippen molar-refractivity contribution in [3.8, 4) is 0 Å². The third kappa shape index (κ3) is 5.51. The quantitative estimate of drug-likeness (QED) is 0.487. The number of piperazine rings is 1. The highest BCUT2D eigenvalue weighted by atomic mass is 19.1. The van der Waals surface area contributed by atoms with Gasteiger partial charge < -0.3 is 20.9 Å². The van der Waals surface area contributed by atoms with E-state index in [1.807, 2.05) is 55.6 Å². The van der Waals surface area contributed by atoms with Gasteiger partial charge in [-0.25, -0.2) is 14.4 Å². The Morgan fingerprint density at radius 1 is 1.00 bits per heavy atom. The minimum atomic E-state index is -0.208. The number of halogens is 1. The van der Waals surface area contributed by atoms with Gasteiger partial charge in [0.2, 0.25) is 0 Å². The summed E-state index contributed by atoms with van der Waals surface area (Å²) < 4.78 is 13.2. The zero-order valence-electron chi connectivity index (χ0n) is 17.6. The molecule has 4 rings (SSSR count). The van der Waals surface area contributed by atoms with E-state index in [9.17, 15) is 4.39 Å². The van der Waals surface area contributed by atoms with Crippen molar-refractivity contribution in [2.24, 2.45) is 10.7 Å². The third-order valence-electron chi connectivity index (χ3n) is 5.36. The van der Waals surface area contributed by atoms with Crippen LogP contribution in [-0.4, -0.2) is 37.1 Å². The molecule has 1 saturated heterocycles. The molecular formula is C24H27FN6. The number of nitrogens with one attached hydrogen (secondary N) is 1. The van der Waals surface area contributed by atoms with Crippen LogP contribution in [0.25, 0.3) is 0 Å². The number of benzene rings is 2. The predicted octanol–water partition coefficient (Wildman–Crippen LogP) is 3.78. The van der Waals surface area contributed by atoms with Gasteiger partial charge in [0.1, 0.15) is 11.6 Å². The van der Waals surface area contributed by atoms with E-state index in [2.05, 4.69) is 31.2 Å². The van der Waals surface area contributed by atoms with Crippen LogP contribution in [0.2, 0.25) is 0 Å². The minimum absolute atomic E-state index is 0.208. The van der Waals surface area contributed by atoms with Crippen molar-refractivity contribution >= 4 is 23.2 Å². The standard InChI is InChI=1S/C24H27FN6/c1-18-2-6-21(7-3-18)29-24(26)28-17-19-10-11-27-23(16-19)31-14-12-30(13-15-31)22-8-4-20(25)5-9-22/h2-11,16H,12-15,17H2,1H3,(H3,26,28,29). The smallest absolute Gasteiger partial charge is 0.193 e. The summed E-state index contributed by atoms with van der Waals surface area (Å²) in [6.45, 7) is 5.97. The Balaban J connectivity index is 1.34. The van der Waals surface area contributed by atoms with Gasteiger partial charge in [0.05, 0.1) is 6.54 Å². The number of aliphatic imine (C=N–C) groups is 1. The zero-order valence-corrected chi connectivity index (χ0v) is 17.6. The summed E-state index contributed by atoms with van der Waals surface area (Å²) in [6.07, 6.45) is 1.82. The van der Waals surface area contributed by atoms with E-state index in [0.717, 1.165) is 48.9 Å². The molecule has 0 unspecified atom stereocenters. The number of aryl methyl sites for hydroxylation is 1. The van der Waals surface area contributed by atoms with E-state index < -0.39 is 0 Å². The van der Waals surface area contributed by atoms with E-state index in [1.165, 1.54) is 17.7 Å². The van der Waals surface area contributed by atoms with Crippen molar-refractivity contribution in [1.82, 2.24) is 4.98 Å². The molecule has 3 N–H and O–H groups in total. The predicted molar refractivity (Wildman–Crippen MR) is 125 cm³/mol. The van der Waals surface area contributed by atoms with Gasteiger partial charge in [0.25, 0.3) is 0 Å². The highest BCUT2D eigenvalue weighted by Crippen LogP contribution is 2.20. The Hall–Kier alpha value is -3.61. The molecule has 3 aromatic rings. The Kier molecular flexibility index (Phi) is 6.31. The van der Waals surface area contributed by atoms with Crippen LogP contribution >= 0.6 is 0 Å². The van der Waals surface area contributed by atoms with Crippen LogP contribution in [0, 0.1) is 12.7 Å². The second-order valence-corrected chi connectivity index (χ2v) is 7.67. The van der Waals surface area contributed by atoms with E-state index in [0.29, 0.717) is 12.5 Å². The van der Waals surface area contributed by atoms with Crippen LogP contribution in [0.3, 0.4) is 0 Å². The number of aromatic nitrogens is 1. The number of hydrogen-bond donors (Lipinski definition) is 2. The van der Waals surface area contributed by atoms with Crippen molar-refractivity contribution in [1.29, 1.82) is 0 Å². The molecule has 0 atom stereocenters. The lowest BCUT2D eigenvalue weighted by atomic mass is 10.2. The molecule has 1 aliphatic heterocycles. The van der Waals surface area contributed by atoms with E-state index in [1.54, 1.807) is 0 Å². The minimum Gasteiger partial charge on any atom is -0.370 e. The number of nitrogens with two attached hydrogens (primary N) is 1. The highest BCUT2D eigenvalue weighted by Gasteiger charge is 2.18. The second-order valence-electron chi connectivity index (χ2n) is 7.67. The number of rotatable bonds is 5. The summed E-state index contributed by atoms with van der Waals surface area (Å²) >= 11 is 0. The number of pyridine rings is 1. The van der Waals surface area contributed by atoms with Crippen LogP contribution in [-0.2, 0) is 6.54 Å². The second kappa shape index (κ2) is 9.47. The zero-order chi connectivity index (χ0) is 21.6. The largest absolute Gasteiger partial charge is 0.370 e. The normalized spacial score (nSPS) is 14.6. The molecule has 1 aromatic heterocycles. The van der Waals surface area contributed by atoms with Gasteiger partial charge in [-0.2, -0.15) is 0 Å². The van der Waals surface area contributed by atoms with Crippen LogP contribution in [0.4, 0.5) is 21.6 Å². The molecule has 0 aliphatic carbocycles. The molecule has 0 spiro atoms. The highest BCUT2D eigenvalue weighted by molar-refractivity contribution is 5.92. The third-order valence-corrected chi connectivity index (χ3v) is 5.36. The lowest BCUT2D eigenvalue weighted by Gasteiger charge is -2.36. The van der Waals surface area contributed by atoms with Crippen LogP contribution < -0.4 is 20.9 Å². The molecule has 0 bridgehead atoms. The monoisotopic (exact) mass is 418 g/mol. The first-order chi connectivity index (χ1) is 15.1. The molecule has 2 aromatic carbocycles. The Bertz CT molecular complexity index is 1020. The van der Waals surface area contributed by atoms with Gasteiger partial charge in [0.15, 0.2) is 5.96 Å². The lowest BCUT2D eigenvalue weighted by molar-refractivity contribution is 0.624. The maximum absolute atomic E-state index is 13.2. The van der Waals surface area contributed by atoms with E-state index in [-0.39, 0.29) is 5.82 Å². The maximum Gasteiger partial charge on any atom is 0.193 e. The van der Waals surface area contributed by atoms with E-state index in [4.69, 9.17) is 5.73 Å². The molecule has 0 saturated carbocycles. The Morgan fingerprint density at radius 2 is 1.68 bits per heavy atom. The summed E-state index contributed by atoms with van der Waals surface area (Å²) in [5, 5.41) is 3.11. The first-order valence-electron chi connectivity index (χ1n) is 10.4. The summed E-state index contributed by atoms with van der Waals surface area (Å²) in [7, 11) is 0. The van der Waals surface area contributed by atoms with Gasteiger partial charge in [0, 0.05) is 43.8 Å². The topological polar surface area (TPSA) is 69.8 Å². The summed E-state index contributed by atoms with van der Waals surface area (Å²) in [5.74, 6) is 1.12. The molecule has 7 heteroatoms. The molecule has 1 aliphatic rings. The fourth-order valence-corrected chi connectivity index (χ4v) is 3.58. The van der Waals surface area contributed by atoms with Crippen molar-refractivity contribution in [2.75, 3.05) is 41.3 Å². The molecule has 1 fully saturated rings. The van der Waals surface area contributed by atoms with Crippen LogP contribution in [0.15, 0.2) is 71.9 Å². The Morgan fingerprint density at radius 3 is 2.39 bits per heavy atom. The molecule has 160 valence electrons. The average Bonchev–Trinajstić information content (AvgIpc) is 2.80. The number of nitrogens with zero attached hydrogens (tertiary/aromatic N) is 4. The van der Waals surface area contributed by atoms with Gasteiger partial charge in [-0.05, 0) is 61.0 Å². The molecule has 0 radical (unpaired) electrons. The van der Waals surface area contributed by atoms with Gasteiger partial charge in [-0.15, -0.1) is 0 Å². The lowest BCUT2D eigenvalue weighted by Crippen LogP contribution is -2.46. The van der Waals surface area contributed by atoms with Crippen LogP contribution in [0.5, 0.6) is 0 Å². The summed E-state index contributed by atoms with van der Waals surface area (Å²) in [6, 6.07) is 18.7. The number of anilines is 3. The van der Waals surface area contributed by atoms with Crippen LogP contribution in [0.1, 0.15) is 11.1 Å². The number of guanidine groups is 1. The van der Waals surface area contributed by atoms with Crippen molar-refractivity contribution in [2.45, 2.75) is 13.5 Å². The molecular weight excluding hydrogens is 391 g/mol. The van der Waals surface area contributed by atoms with Crippen molar-refractivity contribution in [3.63, 3.8) is 0 Å². The van der Waals surface area contributed by atoms with E-state index >= 15 is 0 Å². The van der Waals surface area contributed by atoms with Gasteiger partial charge in [-0.1, -0.05) is 17.7 Å².